The van der Waals surface area contributed by atoms with Gasteiger partial charge < -0.3 is 5.11 Å². The molecule has 0 unspecified atom stereocenters. The lowest BCUT2D eigenvalue weighted by Gasteiger charge is -2.05. The highest BCUT2D eigenvalue weighted by Gasteiger charge is 2.03. The van der Waals surface area contributed by atoms with Crippen LogP contribution in [0.2, 0.25) is 0 Å². The molecule has 3 aromatic rings. The van der Waals surface area contributed by atoms with E-state index < -0.39 is 0 Å². The summed E-state index contributed by atoms with van der Waals surface area (Å²) in [6, 6.07) is 19.5. The maximum atomic E-state index is 10.0. The Morgan fingerprint density at radius 3 is 2.52 bits per heavy atom. The number of nitrogens with zero attached hydrogens (tertiary/aromatic N) is 1. The van der Waals surface area contributed by atoms with Crippen molar-refractivity contribution < 1.29 is 5.11 Å². The van der Waals surface area contributed by atoms with Crippen LogP contribution in [0.5, 0.6) is 5.75 Å². The fourth-order valence-corrected chi connectivity index (χ4v) is 2.22. The van der Waals surface area contributed by atoms with Crippen LogP contribution in [0.4, 0.5) is 5.69 Å². The van der Waals surface area contributed by atoms with Crippen LogP contribution in [-0.2, 0) is 0 Å². The molecule has 0 saturated carbocycles. The molecule has 0 radical (unpaired) electrons. The van der Waals surface area contributed by atoms with E-state index in [4.69, 9.17) is 0 Å². The van der Waals surface area contributed by atoms with E-state index in [1.807, 2.05) is 61.5 Å². The molecular weight excluding hydrogens is 260 g/mol. The predicted octanol–water partition coefficient (Wildman–Crippen LogP) is 4.30. The predicted molar refractivity (Wildman–Crippen MR) is 88.0 cm³/mol. The molecule has 3 nitrogen and oxygen atoms in total. The minimum absolute atomic E-state index is 0.225. The van der Waals surface area contributed by atoms with Gasteiger partial charge in [-0.15, -0.1) is 0 Å². The van der Waals surface area contributed by atoms with Crippen LogP contribution in [0.15, 0.2) is 65.8 Å². The number of anilines is 1. The van der Waals surface area contributed by atoms with Gasteiger partial charge in [0.2, 0.25) is 0 Å². The van der Waals surface area contributed by atoms with Crippen LogP contribution < -0.4 is 5.43 Å². The summed E-state index contributed by atoms with van der Waals surface area (Å²) in [5.41, 5.74) is 5.80. The van der Waals surface area contributed by atoms with Crippen LogP contribution in [0.25, 0.3) is 10.8 Å². The Bertz CT molecular complexity index is 792. The van der Waals surface area contributed by atoms with E-state index in [1.54, 1.807) is 12.3 Å². The third kappa shape index (κ3) is 2.87. The minimum atomic E-state index is 0.225. The SMILES string of the molecule is Cc1ccc(NN=Cc2c(O)ccc3ccccc23)cc1. The van der Waals surface area contributed by atoms with Gasteiger partial charge in [-0.25, -0.2) is 0 Å². The molecule has 0 fully saturated rings. The number of rotatable bonds is 3. The third-order valence-electron chi connectivity index (χ3n) is 3.39. The fraction of sp³-hybridized carbons (Fsp3) is 0.0556. The van der Waals surface area contributed by atoms with Crippen molar-refractivity contribution in [1.82, 2.24) is 0 Å². The minimum Gasteiger partial charge on any atom is -0.507 e. The molecule has 3 aromatic carbocycles. The molecule has 104 valence electrons. The fourth-order valence-electron chi connectivity index (χ4n) is 2.22. The Labute approximate surface area is 123 Å². The Hall–Kier alpha value is -2.81. The highest BCUT2D eigenvalue weighted by molar-refractivity contribution is 6.02. The number of hydrazone groups is 1. The molecule has 0 aromatic heterocycles. The van der Waals surface area contributed by atoms with Gasteiger partial charge >= 0.3 is 0 Å². The van der Waals surface area contributed by atoms with E-state index in [0.717, 1.165) is 16.5 Å². The van der Waals surface area contributed by atoms with Gasteiger partial charge in [0.25, 0.3) is 0 Å². The second kappa shape index (κ2) is 5.67. The van der Waals surface area contributed by atoms with Crippen LogP contribution in [0.1, 0.15) is 11.1 Å². The van der Waals surface area contributed by atoms with E-state index in [0.29, 0.717) is 5.56 Å². The van der Waals surface area contributed by atoms with Crippen molar-refractivity contribution in [3.8, 4) is 5.75 Å². The van der Waals surface area contributed by atoms with Gasteiger partial charge in [0, 0.05) is 5.56 Å². The zero-order valence-electron chi connectivity index (χ0n) is 11.7. The molecule has 21 heavy (non-hydrogen) atoms. The molecule has 0 spiro atoms. The van der Waals surface area contributed by atoms with Crippen molar-refractivity contribution in [2.45, 2.75) is 6.92 Å². The molecule has 0 aliphatic heterocycles. The maximum Gasteiger partial charge on any atom is 0.125 e. The van der Waals surface area contributed by atoms with Gasteiger partial charge in [0.05, 0.1) is 11.9 Å². The van der Waals surface area contributed by atoms with Gasteiger partial charge in [-0.2, -0.15) is 5.10 Å². The largest absolute Gasteiger partial charge is 0.507 e. The number of aryl methyl sites for hydroxylation is 1. The van der Waals surface area contributed by atoms with Crippen LogP contribution >= 0.6 is 0 Å². The summed E-state index contributed by atoms with van der Waals surface area (Å²) < 4.78 is 0. The quantitative estimate of drug-likeness (QED) is 0.553. The molecule has 0 aliphatic rings. The molecule has 0 atom stereocenters. The van der Waals surface area contributed by atoms with Crippen molar-refractivity contribution in [2.24, 2.45) is 5.10 Å². The second-order valence-electron chi connectivity index (χ2n) is 4.96. The molecule has 3 rings (SSSR count). The summed E-state index contributed by atoms with van der Waals surface area (Å²) in [6.07, 6.45) is 1.65. The lowest BCUT2D eigenvalue weighted by atomic mass is 10.0. The highest BCUT2D eigenvalue weighted by Crippen LogP contribution is 2.25. The Balaban J connectivity index is 1.89. The summed E-state index contributed by atoms with van der Waals surface area (Å²) in [7, 11) is 0. The van der Waals surface area contributed by atoms with Crippen molar-refractivity contribution in [3.63, 3.8) is 0 Å². The van der Waals surface area contributed by atoms with Crippen molar-refractivity contribution >= 4 is 22.7 Å². The van der Waals surface area contributed by atoms with E-state index in [1.165, 1.54) is 5.56 Å². The third-order valence-corrected chi connectivity index (χ3v) is 3.39. The monoisotopic (exact) mass is 276 g/mol. The number of phenolic OH excluding ortho intramolecular Hbond substituents is 1. The molecule has 0 amide bonds. The van der Waals surface area contributed by atoms with E-state index >= 15 is 0 Å². The lowest BCUT2D eigenvalue weighted by Crippen LogP contribution is -1.92. The van der Waals surface area contributed by atoms with Gasteiger partial charge in [0.1, 0.15) is 5.75 Å². The summed E-state index contributed by atoms with van der Waals surface area (Å²) in [5, 5.41) is 16.3. The normalized spacial score (nSPS) is 11.1. The summed E-state index contributed by atoms with van der Waals surface area (Å²) in [5.74, 6) is 0.225. The maximum absolute atomic E-state index is 10.0. The average molecular weight is 276 g/mol. The van der Waals surface area contributed by atoms with Gasteiger partial charge in [-0.3, -0.25) is 5.43 Å². The van der Waals surface area contributed by atoms with Gasteiger partial charge in [0.15, 0.2) is 0 Å². The second-order valence-corrected chi connectivity index (χ2v) is 4.96. The number of hydrogen-bond acceptors (Lipinski definition) is 3. The molecule has 0 saturated heterocycles. The molecule has 0 heterocycles. The average Bonchev–Trinajstić information content (AvgIpc) is 2.51. The smallest absolute Gasteiger partial charge is 0.125 e. The zero-order chi connectivity index (χ0) is 14.7. The number of fused-ring (bicyclic) bond motifs is 1. The first-order chi connectivity index (χ1) is 10.2. The van der Waals surface area contributed by atoms with E-state index in [2.05, 4.69) is 10.5 Å². The van der Waals surface area contributed by atoms with Crippen molar-refractivity contribution in [3.05, 3.63) is 71.8 Å². The van der Waals surface area contributed by atoms with Gasteiger partial charge in [-0.05, 0) is 35.9 Å². The Kier molecular flexibility index (Phi) is 3.56. The lowest BCUT2D eigenvalue weighted by molar-refractivity contribution is 0.475. The van der Waals surface area contributed by atoms with Gasteiger partial charge in [-0.1, -0.05) is 48.0 Å². The molecule has 2 N–H and O–H groups in total. The number of hydrogen-bond donors (Lipinski definition) is 2. The Morgan fingerprint density at radius 1 is 0.952 bits per heavy atom. The van der Waals surface area contributed by atoms with E-state index in [9.17, 15) is 5.11 Å². The number of benzene rings is 3. The number of phenols is 1. The highest BCUT2D eigenvalue weighted by atomic mass is 16.3. The first kappa shape index (κ1) is 13.2. The van der Waals surface area contributed by atoms with Crippen molar-refractivity contribution in [1.29, 1.82) is 0 Å². The number of aromatic hydroxyl groups is 1. The molecular formula is C18H16N2O. The van der Waals surface area contributed by atoms with E-state index in [-0.39, 0.29) is 5.75 Å². The molecule has 3 heteroatoms. The zero-order valence-corrected chi connectivity index (χ0v) is 11.7. The van der Waals surface area contributed by atoms with Crippen LogP contribution in [0, 0.1) is 6.92 Å². The molecule has 0 aliphatic carbocycles. The summed E-state index contributed by atoms with van der Waals surface area (Å²) in [6.45, 7) is 2.04. The van der Waals surface area contributed by atoms with Crippen LogP contribution in [-0.4, -0.2) is 11.3 Å². The first-order valence-corrected chi connectivity index (χ1v) is 6.80. The summed E-state index contributed by atoms with van der Waals surface area (Å²) in [4.78, 5) is 0. The standard InChI is InChI=1S/C18H16N2O/c1-13-6-9-15(10-7-13)20-19-12-17-16-5-3-2-4-14(16)8-11-18(17)21/h2-12,20-21H,1H3. The van der Waals surface area contributed by atoms with Crippen LogP contribution in [0.3, 0.4) is 0 Å². The number of nitrogens with one attached hydrogen (secondary N) is 1. The topological polar surface area (TPSA) is 44.6 Å². The molecule has 0 bridgehead atoms. The Morgan fingerprint density at radius 2 is 1.71 bits per heavy atom. The first-order valence-electron chi connectivity index (χ1n) is 6.80. The van der Waals surface area contributed by atoms with Crippen molar-refractivity contribution in [2.75, 3.05) is 5.43 Å². The summed E-state index contributed by atoms with van der Waals surface area (Å²) >= 11 is 0.